The normalized spacial score (nSPS) is 13.3. The first-order valence-electron chi connectivity index (χ1n) is 6.75. The summed E-state index contributed by atoms with van der Waals surface area (Å²) in [7, 11) is 0. The van der Waals surface area contributed by atoms with E-state index in [9.17, 15) is 0 Å². The molecule has 0 fully saturated rings. The second-order valence-electron chi connectivity index (χ2n) is 4.84. The molecule has 0 saturated carbocycles. The van der Waals surface area contributed by atoms with Crippen LogP contribution in [-0.2, 0) is 6.42 Å². The van der Waals surface area contributed by atoms with Gasteiger partial charge in [-0.2, -0.15) is 0 Å². The maximum Gasteiger partial charge on any atom is 0.151 e. The summed E-state index contributed by atoms with van der Waals surface area (Å²) >= 11 is 0. The molecule has 1 aromatic rings. The molecule has 18 heavy (non-hydrogen) atoms. The van der Waals surface area contributed by atoms with Crippen LogP contribution in [-0.4, -0.2) is 16.5 Å². The third kappa shape index (κ3) is 7.25. The van der Waals surface area contributed by atoms with E-state index < -0.39 is 6.29 Å². The van der Waals surface area contributed by atoms with E-state index in [0.717, 1.165) is 12.8 Å². The Morgan fingerprint density at radius 3 is 2.50 bits per heavy atom. The fourth-order valence-corrected chi connectivity index (χ4v) is 1.94. The molecule has 0 aliphatic carbocycles. The van der Waals surface area contributed by atoms with Gasteiger partial charge in [-0.05, 0) is 37.2 Å². The van der Waals surface area contributed by atoms with Gasteiger partial charge < -0.3 is 10.2 Å². The summed E-state index contributed by atoms with van der Waals surface area (Å²) < 4.78 is 0. The largest absolute Gasteiger partial charge is 0.368 e. The number of allylic oxidation sites excluding steroid dienone is 2. The van der Waals surface area contributed by atoms with Crippen LogP contribution in [0, 0.1) is 5.92 Å². The van der Waals surface area contributed by atoms with Crippen LogP contribution in [0.25, 0.3) is 0 Å². The molecular weight excluding hydrogens is 224 g/mol. The van der Waals surface area contributed by atoms with Crippen molar-refractivity contribution in [2.24, 2.45) is 5.92 Å². The first kappa shape index (κ1) is 14.9. The van der Waals surface area contributed by atoms with Gasteiger partial charge in [0.15, 0.2) is 6.29 Å². The summed E-state index contributed by atoms with van der Waals surface area (Å²) in [6.45, 7) is 2.21. The van der Waals surface area contributed by atoms with Crippen LogP contribution in [0.15, 0.2) is 42.5 Å². The molecule has 1 rings (SSSR count). The van der Waals surface area contributed by atoms with Gasteiger partial charge in [0.1, 0.15) is 0 Å². The van der Waals surface area contributed by atoms with Gasteiger partial charge in [-0.15, -0.1) is 0 Å². The molecule has 0 unspecified atom stereocenters. The molecule has 1 atom stereocenters. The first-order chi connectivity index (χ1) is 8.68. The number of hydrogen-bond donors (Lipinski definition) is 2. The molecule has 0 spiro atoms. The predicted octanol–water partition coefficient (Wildman–Crippen LogP) is 3.29. The standard InChI is InChI=1S/C16H24O2/c1-14(8-5-6-13-16(17)18)9-7-12-15-10-3-2-4-11-15/h2-5,8,10-11,14,16-18H,6-7,9,12-13H2,1H3/b8-5+/t14-/m0/s1. The molecular formula is C16H24O2. The monoisotopic (exact) mass is 248 g/mol. The van der Waals surface area contributed by atoms with E-state index in [-0.39, 0.29) is 0 Å². The molecule has 0 aliphatic heterocycles. The van der Waals surface area contributed by atoms with Gasteiger partial charge in [-0.25, -0.2) is 0 Å². The van der Waals surface area contributed by atoms with Crippen molar-refractivity contribution in [3.8, 4) is 0 Å². The molecule has 0 bridgehead atoms. The van der Waals surface area contributed by atoms with Crippen LogP contribution in [0.3, 0.4) is 0 Å². The molecule has 2 heteroatoms. The van der Waals surface area contributed by atoms with Gasteiger partial charge in [-0.3, -0.25) is 0 Å². The lowest BCUT2D eigenvalue weighted by atomic mass is 10.0. The Kier molecular flexibility index (Phi) is 7.38. The molecule has 2 N–H and O–H groups in total. The summed E-state index contributed by atoms with van der Waals surface area (Å²) in [6, 6.07) is 10.6. The second kappa shape index (κ2) is 8.90. The maximum absolute atomic E-state index is 8.71. The minimum atomic E-state index is -1.18. The Bertz CT molecular complexity index is 330. The zero-order chi connectivity index (χ0) is 13.2. The lowest BCUT2D eigenvalue weighted by Crippen LogP contribution is -2.02. The molecule has 0 heterocycles. The minimum Gasteiger partial charge on any atom is -0.368 e. The fourth-order valence-electron chi connectivity index (χ4n) is 1.94. The van der Waals surface area contributed by atoms with Crippen molar-refractivity contribution in [2.75, 3.05) is 0 Å². The molecule has 0 saturated heterocycles. The molecule has 2 nitrogen and oxygen atoms in total. The van der Waals surface area contributed by atoms with Crippen molar-refractivity contribution < 1.29 is 10.2 Å². The highest BCUT2D eigenvalue weighted by Gasteiger charge is 1.99. The van der Waals surface area contributed by atoms with Gasteiger partial charge >= 0.3 is 0 Å². The van der Waals surface area contributed by atoms with Gasteiger partial charge in [0, 0.05) is 6.42 Å². The highest BCUT2D eigenvalue weighted by molar-refractivity contribution is 5.14. The third-order valence-electron chi connectivity index (χ3n) is 3.02. The maximum atomic E-state index is 8.71. The van der Waals surface area contributed by atoms with Crippen LogP contribution in [0.4, 0.5) is 0 Å². The van der Waals surface area contributed by atoms with Crippen molar-refractivity contribution >= 4 is 0 Å². The average molecular weight is 248 g/mol. The van der Waals surface area contributed by atoms with Gasteiger partial charge in [-0.1, -0.05) is 49.4 Å². The smallest absolute Gasteiger partial charge is 0.151 e. The number of aliphatic hydroxyl groups excluding tert-OH is 1. The lowest BCUT2D eigenvalue weighted by molar-refractivity contribution is -0.0442. The minimum absolute atomic E-state index is 0.424. The summed E-state index contributed by atoms with van der Waals surface area (Å²) in [5.74, 6) is 0.560. The Morgan fingerprint density at radius 2 is 1.83 bits per heavy atom. The van der Waals surface area contributed by atoms with E-state index in [1.807, 2.05) is 12.1 Å². The molecule has 0 aromatic heterocycles. The summed E-state index contributed by atoms with van der Waals surface area (Å²) in [4.78, 5) is 0. The van der Waals surface area contributed by atoms with Crippen molar-refractivity contribution in [2.45, 2.75) is 45.3 Å². The first-order valence-corrected chi connectivity index (χ1v) is 6.75. The van der Waals surface area contributed by atoms with Crippen LogP contribution < -0.4 is 0 Å². The number of aliphatic hydroxyl groups is 2. The fraction of sp³-hybridized carbons (Fsp3) is 0.500. The Morgan fingerprint density at radius 1 is 1.11 bits per heavy atom. The van der Waals surface area contributed by atoms with Crippen molar-refractivity contribution in [1.29, 1.82) is 0 Å². The highest BCUT2D eigenvalue weighted by atomic mass is 16.5. The molecule has 0 aliphatic rings. The number of benzene rings is 1. The zero-order valence-electron chi connectivity index (χ0n) is 11.1. The molecule has 100 valence electrons. The van der Waals surface area contributed by atoms with Crippen molar-refractivity contribution in [3.63, 3.8) is 0 Å². The summed E-state index contributed by atoms with van der Waals surface area (Å²) in [5, 5.41) is 17.4. The van der Waals surface area contributed by atoms with Gasteiger partial charge in [0.05, 0.1) is 0 Å². The molecule has 0 amide bonds. The van der Waals surface area contributed by atoms with E-state index in [0.29, 0.717) is 12.3 Å². The van der Waals surface area contributed by atoms with E-state index in [2.05, 4.69) is 37.3 Å². The van der Waals surface area contributed by atoms with E-state index in [4.69, 9.17) is 10.2 Å². The number of hydrogen-bond acceptors (Lipinski definition) is 2. The number of rotatable bonds is 8. The molecule has 1 aromatic carbocycles. The van der Waals surface area contributed by atoms with E-state index >= 15 is 0 Å². The predicted molar refractivity (Wildman–Crippen MR) is 75.1 cm³/mol. The average Bonchev–Trinajstić information content (AvgIpc) is 2.36. The zero-order valence-corrected chi connectivity index (χ0v) is 11.1. The quantitative estimate of drug-likeness (QED) is 0.547. The van der Waals surface area contributed by atoms with Crippen LogP contribution in [0.1, 0.15) is 38.2 Å². The molecule has 0 radical (unpaired) electrons. The van der Waals surface area contributed by atoms with Crippen LogP contribution in [0.2, 0.25) is 0 Å². The SMILES string of the molecule is C[C@@H](/C=C/CCC(O)O)CCCc1ccccc1. The van der Waals surface area contributed by atoms with E-state index in [1.54, 1.807) is 0 Å². The van der Waals surface area contributed by atoms with E-state index in [1.165, 1.54) is 18.4 Å². The Balaban J connectivity index is 2.11. The summed E-state index contributed by atoms with van der Waals surface area (Å²) in [6.07, 6.45) is 7.70. The van der Waals surface area contributed by atoms with Crippen molar-refractivity contribution in [3.05, 3.63) is 48.0 Å². The van der Waals surface area contributed by atoms with Gasteiger partial charge in [0.25, 0.3) is 0 Å². The Hall–Kier alpha value is -1.12. The van der Waals surface area contributed by atoms with Gasteiger partial charge in [0.2, 0.25) is 0 Å². The topological polar surface area (TPSA) is 40.5 Å². The Labute approximate surface area is 110 Å². The van der Waals surface area contributed by atoms with Crippen LogP contribution >= 0.6 is 0 Å². The number of aryl methyl sites for hydroxylation is 1. The van der Waals surface area contributed by atoms with Crippen molar-refractivity contribution in [1.82, 2.24) is 0 Å². The second-order valence-corrected chi connectivity index (χ2v) is 4.84. The third-order valence-corrected chi connectivity index (χ3v) is 3.02. The lowest BCUT2D eigenvalue weighted by Gasteiger charge is -2.06. The highest BCUT2D eigenvalue weighted by Crippen LogP contribution is 2.12. The van der Waals surface area contributed by atoms with Crippen LogP contribution in [0.5, 0.6) is 0 Å². The summed E-state index contributed by atoms with van der Waals surface area (Å²) in [5.41, 5.74) is 1.40.